The van der Waals surface area contributed by atoms with Crippen molar-refractivity contribution in [2.45, 2.75) is 72.2 Å². The number of nitrogens with zero attached hydrogens (tertiary/aromatic N) is 4. The number of ether oxygens (including phenoxy) is 2. The van der Waals surface area contributed by atoms with Crippen molar-refractivity contribution in [3.8, 4) is 11.3 Å². The Morgan fingerprint density at radius 3 is 2.47 bits per heavy atom. The molecule has 3 heterocycles. The number of thioether (sulfide) groups is 1. The second kappa shape index (κ2) is 12.5. The minimum atomic E-state index is -2.94. The Labute approximate surface area is 252 Å². The van der Waals surface area contributed by atoms with Crippen LogP contribution < -0.4 is 0 Å². The van der Waals surface area contributed by atoms with Crippen molar-refractivity contribution >= 4 is 23.4 Å². The fraction of sp³-hybridized carbons (Fsp3) is 0.519. The molecule has 1 saturated heterocycles. The second-order valence-corrected chi connectivity index (χ2v) is 12.2. The third-order valence-corrected chi connectivity index (χ3v) is 9.73. The average molecular weight is 651 g/mol. The van der Waals surface area contributed by atoms with Crippen LogP contribution in [0.15, 0.2) is 36.7 Å². The normalized spacial score (nSPS) is 27.6. The fourth-order valence-corrected chi connectivity index (χ4v) is 7.47. The van der Waals surface area contributed by atoms with Gasteiger partial charge >= 0.3 is 0 Å². The first-order valence-electron chi connectivity index (χ1n) is 13.3. The number of hydrogen-bond donors (Lipinski definition) is 3. The quantitative estimate of drug-likeness (QED) is 0.240. The van der Waals surface area contributed by atoms with Gasteiger partial charge in [-0.3, -0.25) is 4.98 Å². The summed E-state index contributed by atoms with van der Waals surface area (Å²) in [4.78, 5) is 4.33. The highest BCUT2D eigenvalue weighted by Gasteiger charge is 2.53. The van der Waals surface area contributed by atoms with Gasteiger partial charge in [0.25, 0.3) is 0 Å². The molecule has 16 heteroatoms. The Hall–Kier alpha value is -2.40. The third kappa shape index (κ3) is 6.39. The van der Waals surface area contributed by atoms with Crippen LogP contribution in [0.4, 0.5) is 22.0 Å². The molecule has 0 bridgehead atoms. The van der Waals surface area contributed by atoms with Gasteiger partial charge in [0.15, 0.2) is 17.5 Å². The van der Waals surface area contributed by atoms with Crippen molar-refractivity contribution < 1.29 is 46.7 Å². The second-order valence-electron chi connectivity index (χ2n) is 10.6. The van der Waals surface area contributed by atoms with Gasteiger partial charge in [-0.1, -0.05) is 16.8 Å². The maximum absolute atomic E-state index is 14.1. The van der Waals surface area contributed by atoms with Crippen LogP contribution in [0.25, 0.3) is 11.3 Å². The lowest BCUT2D eigenvalue weighted by Gasteiger charge is -2.47. The lowest BCUT2D eigenvalue weighted by molar-refractivity contribution is -0.186. The Morgan fingerprint density at radius 1 is 1.19 bits per heavy atom. The van der Waals surface area contributed by atoms with E-state index in [1.807, 2.05) is 0 Å². The summed E-state index contributed by atoms with van der Waals surface area (Å²) in [6, 6.07) is 3.51. The number of alkyl halides is 2. The van der Waals surface area contributed by atoms with Crippen molar-refractivity contribution in [1.82, 2.24) is 20.0 Å². The van der Waals surface area contributed by atoms with Gasteiger partial charge in [-0.2, -0.15) is 0 Å². The van der Waals surface area contributed by atoms with E-state index in [1.165, 1.54) is 24.2 Å². The zero-order valence-corrected chi connectivity index (χ0v) is 24.2. The number of rotatable bonds is 8. The van der Waals surface area contributed by atoms with Gasteiger partial charge in [0.05, 0.1) is 34.4 Å². The van der Waals surface area contributed by atoms with Crippen LogP contribution in [-0.4, -0.2) is 84.3 Å². The highest BCUT2D eigenvalue weighted by Crippen LogP contribution is 2.53. The van der Waals surface area contributed by atoms with Crippen LogP contribution in [0, 0.1) is 17.5 Å². The van der Waals surface area contributed by atoms with E-state index in [2.05, 4.69) is 15.3 Å². The fourth-order valence-electron chi connectivity index (χ4n) is 5.46. The van der Waals surface area contributed by atoms with Gasteiger partial charge in [0, 0.05) is 31.7 Å². The zero-order valence-electron chi connectivity index (χ0n) is 22.6. The predicted octanol–water partition coefficient (Wildman–Crippen LogP) is 4.46. The molecule has 234 valence electrons. The molecule has 1 aliphatic carbocycles. The largest absolute Gasteiger partial charge is 0.394 e. The van der Waals surface area contributed by atoms with Gasteiger partial charge in [0.1, 0.15) is 35.5 Å². The average Bonchev–Trinajstić information content (AvgIpc) is 3.46. The first kappa shape index (κ1) is 32.0. The van der Waals surface area contributed by atoms with Gasteiger partial charge in [0.2, 0.25) is 5.92 Å². The molecular weight excluding hydrogens is 623 g/mol. The van der Waals surface area contributed by atoms with E-state index in [0.717, 1.165) is 23.9 Å². The topological polar surface area (TPSA) is 123 Å². The highest BCUT2D eigenvalue weighted by molar-refractivity contribution is 8.00. The summed E-state index contributed by atoms with van der Waals surface area (Å²) in [5.74, 6) is -7.45. The van der Waals surface area contributed by atoms with Gasteiger partial charge in [-0.25, -0.2) is 26.6 Å². The number of aliphatic hydroxyl groups is 3. The molecule has 3 N–H and O–H groups in total. The summed E-state index contributed by atoms with van der Waals surface area (Å²) in [7, 11) is 1.32. The van der Waals surface area contributed by atoms with Gasteiger partial charge in [-0.15, -0.1) is 16.9 Å². The summed E-state index contributed by atoms with van der Waals surface area (Å²) in [6.07, 6.45) is -2.62. The van der Waals surface area contributed by atoms with E-state index < -0.39 is 83.5 Å². The van der Waals surface area contributed by atoms with Crippen LogP contribution >= 0.6 is 23.4 Å². The molecule has 6 atom stereocenters. The van der Waals surface area contributed by atoms with Crippen molar-refractivity contribution in [2.24, 2.45) is 0 Å². The monoisotopic (exact) mass is 650 g/mol. The lowest BCUT2D eigenvalue weighted by atomic mass is 9.79. The molecule has 2 fully saturated rings. The smallest absolute Gasteiger partial charge is 0.248 e. The van der Waals surface area contributed by atoms with Crippen LogP contribution in [-0.2, 0) is 9.47 Å². The number of methoxy groups -OCH3 is 1. The van der Waals surface area contributed by atoms with E-state index in [1.54, 1.807) is 12.1 Å². The van der Waals surface area contributed by atoms with Crippen LogP contribution in [0.1, 0.15) is 42.7 Å². The molecule has 0 spiro atoms. The molecule has 0 amide bonds. The highest BCUT2D eigenvalue weighted by atomic mass is 35.5. The number of pyridine rings is 1. The standard InChI is InChI=1S/C27H28ClF5N4O5S/c1-41-23-21(37-11-17(35-36-37)13-9-15(29)19(31)16(30)10-13)22(39)18(12-38)42-25(23)43-24(20-14(28)3-2-8-34-20)26(40)4-6-27(32,33)7-5-26/h2-3,8-11,18,21-25,38-40H,4-7,12H2,1H3/t18?,21?,22?,23?,24-,25?/m1/s1. The Bertz CT molecular complexity index is 1420. The first-order chi connectivity index (χ1) is 20.4. The molecule has 2 aromatic heterocycles. The molecule has 1 saturated carbocycles. The van der Waals surface area contributed by atoms with E-state index in [0.29, 0.717) is 0 Å². The van der Waals surface area contributed by atoms with E-state index in [-0.39, 0.29) is 34.8 Å². The van der Waals surface area contributed by atoms with Crippen LogP contribution in [0.2, 0.25) is 5.02 Å². The third-order valence-electron chi connectivity index (χ3n) is 7.83. The van der Waals surface area contributed by atoms with Crippen molar-refractivity contribution in [1.29, 1.82) is 0 Å². The molecule has 1 aromatic carbocycles. The van der Waals surface area contributed by atoms with Crippen molar-refractivity contribution in [2.75, 3.05) is 13.7 Å². The molecule has 9 nitrogen and oxygen atoms in total. The summed E-state index contributed by atoms with van der Waals surface area (Å²) >= 11 is 7.44. The molecular formula is C27H28ClF5N4O5S. The molecule has 2 aliphatic rings. The SMILES string of the molecule is COC1C(S[C@H](c2ncccc2Cl)C2(O)CCC(F)(F)CC2)OC(CO)C(O)C1n1cc(-c2cc(F)c(F)c(F)c2)nn1. The van der Waals surface area contributed by atoms with Crippen LogP contribution in [0.5, 0.6) is 0 Å². The molecule has 43 heavy (non-hydrogen) atoms. The minimum absolute atomic E-state index is 0.0494. The summed E-state index contributed by atoms with van der Waals surface area (Å²) in [5, 5.41) is 40.0. The summed E-state index contributed by atoms with van der Waals surface area (Å²) in [5.41, 5.74) is -2.68. The van der Waals surface area contributed by atoms with Crippen molar-refractivity contribution in [3.63, 3.8) is 0 Å². The van der Waals surface area contributed by atoms with E-state index in [4.69, 9.17) is 21.1 Å². The Morgan fingerprint density at radius 2 is 1.86 bits per heavy atom. The van der Waals surface area contributed by atoms with Crippen LogP contribution in [0.3, 0.4) is 0 Å². The Kier molecular flexibility index (Phi) is 9.33. The summed E-state index contributed by atoms with van der Waals surface area (Å²) < 4.78 is 82.4. The molecule has 1 aliphatic heterocycles. The lowest BCUT2D eigenvalue weighted by Crippen LogP contribution is -2.56. The molecule has 0 radical (unpaired) electrons. The predicted molar refractivity (Wildman–Crippen MR) is 145 cm³/mol. The van der Waals surface area contributed by atoms with E-state index in [9.17, 15) is 37.3 Å². The zero-order chi connectivity index (χ0) is 31.1. The molecule has 3 aromatic rings. The summed E-state index contributed by atoms with van der Waals surface area (Å²) in [6.45, 7) is -0.646. The number of halogens is 6. The molecule has 5 rings (SSSR count). The number of benzene rings is 1. The minimum Gasteiger partial charge on any atom is -0.394 e. The first-order valence-corrected chi connectivity index (χ1v) is 14.6. The number of hydrogen-bond acceptors (Lipinski definition) is 9. The number of aromatic nitrogens is 4. The van der Waals surface area contributed by atoms with Crippen molar-refractivity contribution in [3.05, 3.63) is 64.8 Å². The molecule has 5 unspecified atom stereocenters. The Balaban J connectivity index is 1.50. The maximum Gasteiger partial charge on any atom is 0.248 e. The number of aliphatic hydroxyl groups excluding tert-OH is 2. The van der Waals surface area contributed by atoms with E-state index >= 15 is 0 Å². The van der Waals surface area contributed by atoms with Gasteiger partial charge < -0.3 is 24.8 Å². The maximum atomic E-state index is 14.1. The van der Waals surface area contributed by atoms with Gasteiger partial charge in [-0.05, 0) is 37.1 Å².